The summed E-state index contributed by atoms with van der Waals surface area (Å²) in [6.45, 7) is 3.57. The Balaban J connectivity index is 1.64. The van der Waals surface area contributed by atoms with Crippen molar-refractivity contribution in [2.45, 2.75) is 39.2 Å². The number of nitrogens with zero attached hydrogens (tertiary/aromatic N) is 1. The quantitative estimate of drug-likeness (QED) is 0.632. The van der Waals surface area contributed by atoms with Crippen molar-refractivity contribution in [2.75, 3.05) is 4.90 Å². The van der Waals surface area contributed by atoms with Crippen LogP contribution in [0.15, 0.2) is 24.3 Å². The summed E-state index contributed by atoms with van der Waals surface area (Å²) in [5.74, 6) is -0.208. The second-order valence-electron chi connectivity index (χ2n) is 7.40. The van der Waals surface area contributed by atoms with E-state index in [1.807, 2.05) is 0 Å². The first-order valence-electron chi connectivity index (χ1n) is 8.66. The highest BCUT2D eigenvalue weighted by Crippen LogP contribution is 2.56. The molecule has 0 unspecified atom stereocenters. The first-order valence-corrected chi connectivity index (χ1v) is 8.66. The zero-order valence-electron chi connectivity index (χ0n) is 13.9. The summed E-state index contributed by atoms with van der Waals surface area (Å²) in [4.78, 5) is 39.1. The minimum absolute atomic E-state index is 0.0911. The number of hydrogen-bond acceptors (Lipinski definition) is 4. The van der Waals surface area contributed by atoms with Gasteiger partial charge < -0.3 is 4.74 Å². The van der Waals surface area contributed by atoms with E-state index in [2.05, 4.69) is 0 Å². The molecule has 3 fully saturated rings. The number of ether oxygens (including phenoxy) is 1. The number of esters is 1. The van der Waals surface area contributed by atoms with E-state index in [4.69, 9.17) is 4.74 Å². The van der Waals surface area contributed by atoms with E-state index in [1.165, 1.54) is 4.90 Å². The highest BCUT2D eigenvalue weighted by molar-refractivity contribution is 6.22. The third-order valence-corrected chi connectivity index (χ3v) is 5.61. The summed E-state index contributed by atoms with van der Waals surface area (Å²) < 4.78 is 5.20. The molecule has 0 spiro atoms. The standard InChI is InChI=1S/C19H21NO4/c1-10(2)24-19(23)13-4-3-5-14(9-13)20-17(21)15-11-6-7-12(8-11)16(15)18(20)22/h3-5,9-12,15-16H,6-8H2,1-2H3/t11-,12-,15-,16-/m0/s1. The molecule has 5 heteroatoms. The van der Waals surface area contributed by atoms with Crippen LogP contribution in [0.25, 0.3) is 0 Å². The maximum absolute atomic E-state index is 12.8. The fourth-order valence-electron chi connectivity index (χ4n) is 4.72. The van der Waals surface area contributed by atoms with Gasteiger partial charge in [-0.2, -0.15) is 0 Å². The van der Waals surface area contributed by atoms with Gasteiger partial charge in [-0.3, -0.25) is 14.5 Å². The molecule has 1 saturated heterocycles. The number of benzene rings is 1. The molecule has 0 N–H and O–H groups in total. The Kier molecular flexibility index (Phi) is 3.48. The molecule has 126 valence electrons. The van der Waals surface area contributed by atoms with Gasteiger partial charge in [0.05, 0.1) is 29.2 Å². The molecule has 3 aliphatic rings. The van der Waals surface area contributed by atoms with Gasteiger partial charge in [0.2, 0.25) is 11.8 Å². The van der Waals surface area contributed by atoms with Crippen molar-refractivity contribution in [2.24, 2.45) is 23.7 Å². The van der Waals surface area contributed by atoms with Gasteiger partial charge in [-0.25, -0.2) is 4.79 Å². The summed E-state index contributed by atoms with van der Waals surface area (Å²) in [6.07, 6.45) is 2.91. The first kappa shape index (κ1) is 15.4. The van der Waals surface area contributed by atoms with Crippen molar-refractivity contribution in [3.05, 3.63) is 29.8 Å². The molecule has 1 aliphatic heterocycles. The van der Waals surface area contributed by atoms with Crippen molar-refractivity contribution in [3.8, 4) is 0 Å². The number of carbonyl (C=O) groups is 3. The Hall–Kier alpha value is -2.17. The predicted octanol–water partition coefficient (Wildman–Crippen LogP) is 2.79. The van der Waals surface area contributed by atoms with Gasteiger partial charge in [0.25, 0.3) is 0 Å². The Morgan fingerprint density at radius 3 is 2.33 bits per heavy atom. The van der Waals surface area contributed by atoms with Crippen LogP contribution in [0, 0.1) is 23.7 Å². The normalized spacial score (nSPS) is 31.0. The van der Waals surface area contributed by atoms with Crippen LogP contribution in [0.2, 0.25) is 0 Å². The first-order chi connectivity index (χ1) is 11.5. The second kappa shape index (κ2) is 5.43. The van der Waals surface area contributed by atoms with Gasteiger partial charge >= 0.3 is 5.97 Å². The zero-order valence-corrected chi connectivity index (χ0v) is 13.9. The average molecular weight is 327 g/mol. The molecular formula is C19H21NO4. The number of imide groups is 1. The SMILES string of the molecule is CC(C)OC(=O)c1cccc(N2C(=O)[C@H]3[C@H]4CC[C@@H](C4)[C@@H]3C2=O)c1. The van der Waals surface area contributed by atoms with Crippen LogP contribution < -0.4 is 4.90 Å². The summed E-state index contributed by atoms with van der Waals surface area (Å²) >= 11 is 0. The monoisotopic (exact) mass is 327 g/mol. The van der Waals surface area contributed by atoms with Crippen molar-refractivity contribution in [3.63, 3.8) is 0 Å². The lowest BCUT2D eigenvalue weighted by atomic mass is 9.81. The van der Waals surface area contributed by atoms with E-state index in [0.717, 1.165) is 19.3 Å². The lowest BCUT2D eigenvalue weighted by Crippen LogP contribution is -2.32. The van der Waals surface area contributed by atoms with Crippen LogP contribution >= 0.6 is 0 Å². The molecule has 1 aromatic rings. The summed E-state index contributed by atoms with van der Waals surface area (Å²) in [6, 6.07) is 6.63. The molecule has 2 amide bonds. The Labute approximate surface area is 141 Å². The van der Waals surface area contributed by atoms with Crippen molar-refractivity contribution in [1.82, 2.24) is 0 Å². The minimum Gasteiger partial charge on any atom is -0.459 e. The molecule has 2 bridgehead atoms. The maximum atomic E-state index is 12.8. The smallest absolute Gasteiger partial charge is 0.338 e. The van der Waals surface area contributed by atoms with E-state index in [9.17, 15) is 14.4 Å². The van der Waals surface area contributed by atoms with Crippen LogP contribution in [0.1, 0.15) is 43.5 Å². The molecule has 1 heterocycles. The van der Waals surface area contributed by atoms with Gasteiger partial charge in [-0.15, -0.1) is 0 Å². The van der Waals surface area contributed by atoms with Crippen LogP contribution in [0.4, 0.5) is 5.69 Å². The van der Waals surface area contributed by atoms with Crippen molar-refractivity contribution >= 4 is 23.5 Å². The third-order valence-electron chi connectivity index (χ3n) is 5.61. The van der Waals surface area contributed by atoms with E-state index >= 15 is 0 Å². The molecule has 0 aromatic heterocycles. The van der Waals surface area contributed by atoms with E-state index in [-0.39, 0.29) is 29.8 Å². The number of fused-ring (bicyclic) bond motifs is 5. The average Bonchev–Trinajstić information content (AvgIpc) is 3.21. The van der Waals surface area contributed by atoms with Gasteiger partial charge in [0, 0.05) is 0 Å². The third kappa shape index (κ3) is 2.18. The summed E-state index contributed by atoms with van der Waals surface area (Å²) in [5, 5.41) is 0. The van der Waals surface area contributed by atoms with Gasteiger partial charge in [0.1, 0.15) is 0 Å². The second-order valence-corrected chi connectivity index (χ2v) is 7.40. The summed E-state index contributed by atoms with van der Waals surface area (Å²) in [5.41, 5.74) is 0.846. The highest BCUT2D eigenvalue weighted by Gasteiger charge is 2.61. The molecule has 2 aliphatic carbocycles. The molecule has 5 nitrogen and oxygen atoms in total. The number of amides is 2. The fraction of sp³-hybridized carbons (Fsp3) is 0.526. The van der Waals surface area contributed by atoms with Crippen LogP contribution in [-0.4, -0.2) is 23.9 Å². The molecular weight excluding hydrogens is 306 g/mol. The number of hydrogen-bond donors (Lipinski definition) is 0. The summed E-state index contributed by atoms with van der Waals surface area (Å²) in [7, 11) is 0. The van der Waals surface area contributed by atoms with Gasteiger partial charge in [-0.05, 0) is 63.1 Å². The van der Waals surface area contributed by atoms with Crippen LogP contribution in [0.3, 0.4) is 0 Å². The Morgan fingerprint density at radius 1 is 1.12 bits per heavy atom. The topological polar surface area (TPSA) is 63.7 Å². The van der Waals surface area contributed by atoms with Gasteiger partial charge in [-0.1, -0.05) is 6.07 Å². The molecule has 24 heavy (non-hydrogen) atoms. The number of anilines is 1. The van der Waals surface area contributed by atoms with Crippen LogP contribution in [0.5, 0.6) is 0 Å². The van der Waals surface area contributed by atoms with Crippen molar-refractivity contribution in [1.29, 1.82) is 0 Å². The highest BCUT2D eigenvalue weighted by atomic mass is 16.5. The molecule has 4 rings (SSSR count). The van der Waals surface area contributed by atoms with Crippen LogP contribution in [-0.2, 0) is 14.3 Å². The van der Waals surface area contributed by atoms with Crippen molar-refractivity contribution < 1.29 is 19.1 Å². The Bertz CT molecular complexity index is 698. The zero-order chi connectivity index (χ0) is 17.0. The number of carbonyl (C=O) groups excluding carboxylic acids is 3. The minimum atomic E-state index is -0.439. The fourth-order valence-corrected chi connectivity index (χ4v) is 4.72. The van der Waals surface area contributed by atoms with E-state index in [1.54, 1.807) is 38.1 Å². The van der Waals surface area contributed by atoms with E-state index < -0.39 is 5.97 Å². The van der Waals surface area contributed by atoms with E-state index in [0.29, 0.717) is 23.1 Å². The molecule has 1 aromatic carbocycles. The molecule has 2 saturated carbocycles. The predicted molar refractivity (Wildman–Crippen MR) is 87.3 cm³/mol. The molecule has 4 atom stereocenters. The Morgan fingerprint density at radius 2 is 1.75 bits per heavy atom. The number of rotatable bonds is 3. The lowest BCUT2D eigenvalue weighted by Gasteiger charge is -2.19. The maximum Gasteiger partial charge on any atom is 0.338 e. The molecule has 0 radical (unpaired) electrons. The van der Waals surface area contributed by atoms with Gasteiger partial charge in [0.15, 0.2) is 0 Å². The largest absolute Gasteiger partial charge is 0.459 e. The lowest BCUT2D eigenvalue weighted by molar-refractivity contribution is -0.123.